The van der Waals surface area contributed by atoms with Crippen LogP contribution in [0, 0.1) is 6.92 Å². The number of hydrogen-bond acceptors (Lipinski definition) is 3. The molecule has 0 radical (unpaired) electrons. The van der Waals surface area contributed by atoms with Crippen molar-refractivity contribution in [3.63, 3.8) is 0 Å². The van der Waals surface area contributed by atoms with Crippen LogP contribution in [-0.4, -0.2) is 19.6 Å². The highest BCUT2D eigenvalue weighted by Crippen LogP contribution is 2.14. The maximum Gasteiger partial charge on any atom is 0.0759 e. The molecule has 0 aliphatic heterocycles. The number of nitrogens with zero attached hydrogens (tertiary/aromatic N) is 4. The Kier molecular flexibility index (Phi) is 2.94. The lowest BCUT2D eigenvalue weighted by Gasteiger charge is -2.06. The number of aromatic nitrogens is 4. The van der Waals surface area contributed by atoms with E-state index in [1.165, 1.54) is 5.69 Å². The molecule has 16 heavy (non-hydrogen) atoms. The van der Waals surface area contributed by atoms with E-state index in [9.17, 15) is 0 Å². The summed E-state index contributed by atoms with van der Waals surface area (Å²) < 4.78 is 3.85. The van der Waals surface area contributed by atoms with Crippen molar-refractivity contribution in [3.05, 3.63) is 29.8 Å². The number of anilines is 1. The van der Waals surface area contributed by atoms with Crippen molar-refractivity contribution in [2.75, 3.05) is 5.32 Å². The largest absolute Gasteiger partial charge is 0.377 e. The maximum atomic E-state index is 4.29. The van der Waals surface area contributed by atoms with E-state index in [4.69, 9.17) is 0 Å². The smallest absolute Gasteiger partial charge is 0.0759 e. The van der Waals surface area contributed by atoms with Crippen molar-refractivity contribution in [3.8, 4) is 0 Å². The Morgan fingerprint density at radius 1 is 1.38 bits per heavy atom. The molecular formula is C11H17N5. The fraction of sp³-hybridized carbons (Fsp3) is 0.455. The van der Waals surface area contributed by atoms with Gasteiger partial charge in [0.25, 0.3) is 0 Å². The fourth-order valence-corrected chi connectivity index (χ4v) is 1.70. The minimum atomic E-state index is 0.771. The van der Waals surface area contributed by atoms with Gasteiger partial charge in [-0.05, 0) is 19.9 Å². The van der Waals surface area contributed by atoms with E-state index >= 15 is 0 Å². The van der Waals surface area contributed by atoms with Crippen LogP contribution in [0.4, 0.5) is 5.69 Å². The number of hydrogen-bond donors (Lipinski definition) is 1. The van der Waals surface area contributed by atoms with Crippen molar-refractivity contribution in [2.45, 2.75) is 26.9 Å². The van der Waals surface area contributed by atoms with Gasteiger partial charge in [0.05, 0.1) is 29.8 Å². The molecule has 0 unspecified atom stereocenters. The second-order valence-corrected chi connectivity index (χ2v) is 3.76. The summed E-state index contributed by atoms with van der Waals surface area (Å²) >= 11 is 0. The van der Waals surface area contributed by atoms with Gasteiger partial charge < -0.3 is 5.32 Å². The Labute approximate surface area is 95.1 Å². The van der Waals surface area contributed by atoms with E-state index in [0.717, 1.165) is 24.5 Å². The van der Waals surface area contributed by atoms with Crippen molar-refractivity contribution >= 4 is 5.69 Å². The van der Waals surface area contributed by atoms with E-state index in [1.54, 1.807) is 6.20 Å². The fourth-order valence-electron chi connectivity index (χ4n) is 1.70. The van der Waals surface area contributed by atoms with Crippen LogP contribution >= 0.6 is 0 Å². The van der Waals surface area contributed by atoms with Crippen LogP contribution in [0.2, 0.25) is 0 Å². The summed E-state index contributed by atoms with van der Waals surface area (Å²) in [4.78, 5) is 0. The summed E-state index contributed by atoms with van der Waals surface area (Å²) in [5, 5.41) is 11.8. The number of rotatable bonds is 4. The summed E-state index contributed by atoms with van der Waals surface area (Å²) in [6, 6.07) is 2.01. The van der Waals surface area contributed by atoms with E-state index < -0.39 is 0 Å². The van der Waals surface area contributed by atoms with Gasteiger partial charge in [0, 0.05) is 19.8 Å². The highest BCUT2D eigenvalue weighted by Gasteiger charge is 2.05. The topological polar surface area (TPSA) is 47.7 Å². The van der Waals surface area contributed by atoms with Crippen LogP contribution < -0.4 is 5.32 Å². The first-order valence-electron chi connectivity index (χ1n) is 5.45. The quantitative estimate of drug-likeness (QED) is 0.848. The van der Waals surface area contributed by atoms with Crippen LogP contribution in [0.3, 0.4) is 0 Å². The molecule has 86 valence electrons. The minimum absolute atomic E-state index is 0.771. The predicted molar refractivity (Wildman–Crippen MR) is 63.2 cm³/mol. The van der Waals surface area contributed by atoms with Gasteiger partial charge >= 0.3 is 0 Å². The molecule has 0 aromatic carbocycles. The Hall–Kier alpha value is -1.78. The van der Waals surface area contributed by atoms with Gasteiger partial charge in [0.1, 0.15) is 0 Å². The monoisotopic (exact) mass is 219 g/mol. The van der Waals surface area contributed by atoms with Gasteiger partial charge in [0.15, 0.2) is 0 Å². The molecule has 2 aromatic rings. The standard InChI is InChI=1S/C11H17N5/c1-4-16-9(2)11(8-14-16)12-7-10-5-6-13-15(10)3/h5-6,8,12H,4,7H2,1-3H3. The second-order valence-electron chi connectivity index (χ2n) is 3.76. The third-order valence-corrected chi connectivity index (χ3v) is 2.79. The third-order valence-electron chi connectivity index (χ3n) is 2.79. The predicted octanol–water partition coefficient (Wildman–Crippen LogP) is 1.56. The van der Waals surface area contributed by atoms with E-state index in [-0.39, 0.29) is 0 Å². The molecular weight excluding hydrogens is 202 g/mol. The van der Waals surface area contributed by atoms with Gasteiger partial charge in [-0.15, -0.1) is 0 Å². The Morgan fingerprint density at radius 2 is 2.19 bits per heavy atom. The second kappa shape index (κ2) is 4.38. The summed E-state index contributed by atoms with van der Waals surface area (Å²) in [5.74, 6) is 0. The molecule has 0 saturated carbocycles. The van der Waals surface area contributed by atoms with Crippen molar-refractivity contribution in [1.82, 2.24) is 19.6 Å². The van der Waals surface area contributed by atoms with Crippen molar-refractivity contribution in [2.24, 2.45) is 7.05 Å². The SMILES string of the molecule is CCn1ncc(NCc2ccnn2C)c1C. The van der Waals surface area contributed by atoms with Gasteiger partial charge in [-0.3, -0.25) is 9.36 Å². The van der Waals surface area contributed by atoms with E-state index in [0.29, 0.717) is 0 Å². The van der Waals surface area contributed by atoms with Crippen LogP contribution in [-0.2, 0) is 20.1 Å². The molecule has 2 aromatic heterocycles. The summed E-state index contributed by atoms with van der Waals surface area (Å²) in [7, 11) is 1.94. The molecule has 0 aliphatic rings. The van der Waals surface area contributed by atoms with Crippen molar-refractivity contribution < 1.29 is 0 Å². The van der Waals surface area contributed by atoms with E-state index in [2.05, 4.69) is 29.4 Å². The zero-order valence-electron chi connectivity index (χ0n) is 9.94. The first kappa shape index (κ1) is 10.7. The Morgan fingerprint density at radius 3 is 2.75 bits per heavy atom. The highest BCUT2D eigenvalue weighted by molar-refractivity contribution is 5.45. The zero-order valence-corrected chi connectivity index (χ0v) is 9.94. The third kappa shape index (κ3) is 1.93. The summed E-state index contributed by atoms with van der Waals surface area (Å²) in [5.41, 5.74) is 3.41. The maximum absolute atomic E-state index is 4.29. The lowest BCUT2D eigenvalue weighted by Crippen LogP contribution is -2.06. The van der Waals surface area contributed by atoms with Crippen LogP contribution in [0.25, 0.3) is 0 Å². The van der Waals surface area contributed by atoms with Crippen LogP contribution in [0.5, 0.6) is 0 Å². The lowest BCUT2D eigenvalue weighted by atomic mass is 10.3. The van der Waals surface area contributed by atoms with Crippen molar-refractivity contribution in [1.29, 1.82) is 0 Å². The molecule has 0 amide bonds. The van der Waals surface area contributed by atoms with Gasteiger partial charge in [-0.2, -0.15) is 10.2 Å². The summed E-state index contributed by atoms with van der Waals surface area (Å²) in [6.45, 7) is 5.83. The average Bonchev–Trinajstić information content (AvgIpc) is 2.83. The number of nitrogens with one attached hydrogen (secondary N) is 1. The lowest BCUT2D eigenvalue weighted by molar-refractivity contribution is 0.640. The molecule has 2 heterocycles. The molecule has 0 aliphatic carbocycles. The van der Waals surface area contributed by atoms with Crippen LogP contribution in [0.1, 0.15) is 18.3 Å². The molecule has 5 nitrogen and oxygen atoms in total. The summed E-state index contributed by atoms with van der Waals surface area (Å²) in [6.07, 6.45) is 3.68. The van der Waals surface area contributed by atoms with Gasteiger partial charge in [0.2, 0.25) is 0 Å². The first-order valence-corrected chi connectivity index (χ1v) is 5.45. The molecule has 0 atom stereocenters. The Bertz CT molecular complexity index is 468. The minimum Gasteiger partial charge on any atom is -0.377 e. The normalized spacial score (nSPS) is 10.7. The van der Waals surface area contributed by atoms with Gasteiger partial charge in [-0.1, -0.05) is 0 Å². The molecule has 0 bridgehead atoms. The highest BCUT2D eigenvalue weighted by atomic mass is 15.3. The molecule has 1 N–H and O–H groups in total. The zero-order chi connectivity index (χ0) is 11.5. The van der Waals surface area contributed by atoms with E-state index in [1.807, 2.05) is 28.7 Å². The Balaban J connectivity index is 2.05. The molecule has 5 heteroatoms. The first-order chi connectivity index (χ1) is 7.72. The molecule has 2 rings (SSSR count). The average molecular weight is 219 g/mol. The molecule has 0 spiro atoms. The number of aryl methyl sites for hydroxylation is 2. The molecule has 0 fully saturated rings. The molecule has 0 saturated heterocycles. The van der Waals surface area contributed by atoms with Crippen LogP contribution in [0.15, 0.2) is 18.5 Å². The van der Waals surface area contributed by atoms with Gasteiger partial charge in [-0.25, -0.2) is 0 Å².